The molecule has 7 aromatic rings. The van der Waals surface area contributed by atoms with Gasteiger partial charge >= 0.3 is 0 Å². The average Bonchev–Trinajstić information content (AvgIpc) is 3.51. The number of benzene rings is 5. The monoisotopic (exact) mass is 849 g/mol. The van der Waals surface area contributed by atoms with Gasteiger partial charge in [-0.3, -0.25) is 9.55 Å². The van der Waals surface area contributed by atoms with Crippen LogP contribution >= 0.6 is 0 Å². The molecule has 51 heavy (non-hydrogen) atoms. The van der Waals surface area contributed by atoms with Crippen molar-refractivity contribution in [1.82, 2.24) is 14.5 Å². The van der Waals surface area contributed by atoms with Crippen LogP contribution in [-0.4, -0.2) is 19.6 Å². The summed E-state index contributed by atoms with van der Waals surface area (Å²) in [5.74, 6) is 1.42. The van der Waals surface area contributed by atoms with E-state index in [1.807, 2.05) is 30.5 Å². The van der Waals surface area contributed by atoms with E-state index in [1.54, 1.807) is 6.07 Å². The first kappa shape index (κ1) is 36.0. The summed E-state index contributed by atoms with van der Waals surface area (Å²) in [6, 6.07) is 43.3. The van der Waals surface area contributed by atoms with E-state index >= 15 is 0 Å². The maximum Gasteiger partial charge on any atom is 0.148 e. The molecule has 4 nitrogen and oxygen atoms in total. The first-order valence-corrected chi connectivity index (χ1v) is 17.5. The summed E-state index contributed by atoms with van der Waals surface area (Å²) in [6.07, 6.45) is 1.89. The Morgan fingerprint density at radius 3 is 2.02 bits per heavy atom. The summed E-state index contributed by atoms with van der Waals surface area (Å²) in [6.45, 7) is 15.6. The van der Waals surface area contributed by atoms with Crippen LogP contribution in [0.4, 0.5) is 0 Å². The minimum atomic E-state index is 0. The van der Waals surface area contributed by atoms with E-state index in [0.717, 1.165) is 50.2 Å². The quantitative estimate of drug-likeness (QED) is 0.163. The molecule has 5 aromatic carbocycles. The number of hydrogen-bond acceptors (Lipinski definition) is 3. The first-order valence-electron chi connectivity index (χ1n) is 17.5. The van der Waals surface area contributed by atoms with Gasteiger partial charge in [0, 0.05) is 33.0 Å². The Kier molecular flexibility index (Phi) is 10.2. The zero-order valence-electron chi connectivity index (χ0n) is 30.3. The van der Waals surface area contributed by atoms with Crippen molar-refractivity contribution < 1.29 is 26.2 Å². The Bertz CT molecular complexity index is 2300. The fourth-order valence-electron chi connectivity index (χ4n) is 6.84. The number of para-hydroxylation sites is 2. The molecule has 0 fully saturated rings. The summed E-state index contributed by atoms with van der Waals surface area (Å²) in [5.41, 5.74) is 13.2. The minimum Gasteiger partial charge on any atom is -0.507 e. The zero-order valence-corrected chi connectivity index (χ0v) is 32.6. The summed E-state index contributed by atoms with van der Waals surface area (Å²) < 4.78 is 2.28. The topological polar surface area (TPSA) is 50.9 Å². The van der Waals surface area contributed by atoms with Crippen LogP contribution in [0.15, 0.2) is 121 Å². The SMILES string of the molecule is CC(C)c1cccc(C(C)C)c1-n1c(-c2cc(-c3ccccc3)ccc2O)nc2c(-c3[c-]c(-c4cc(C(C)(C)C)ccn4)ccc3)cccc21.[Pt]. The molecule has 0 aliphatic rings. The molecule has 7 rings (SSSR count). The summed E-state index contributed by atoms with van der Waals surface area (Å²) in [4.78, 5) is 10.2. The third kappa shape index (κ3) is 6.95. The number of imidazole rings is 1. The van der Waals surface area contributed by atoms with E-state index in [0.29, 0.717) is 11.4 Å². The second-order valence-electron chi connectivity index (χ2n) is 14.8. The Hall–Kier alpha value is -4.79. The van der Waals surface area contributed by atoms with Gasteiger partial charge in [0.25, 0.3) is 0 Å². The van der Waals surface area contributed by atoms with Gasteiger partial charge in [-0.05, 0) is 69.3 Å². The molecule has 0 unspecified atom stereocenters. The van der Waals surface area contributed by atoms with Crippen LogP contribution in [0.5, 0.6) is 5.75 Å². The van der Waals surface area contributed by atoms with Gasteiger partial charge < -0.3 is 5.11 Å². The Balaban J connectivity index is 0.00000448. The van der Waals surface area contributed by atoms with Crippen molar-refractivity contribution >= 4 is 11.0 Å². The fourth-order valence-corrected chi connectivity index (χ4v) is 6.84. The van der Waals surface area contributed by atoms with Gasteiger partial charge in [0.1, 0.15) is 11.6 Å². The second-order valence-corrected chi connectivity index (χ2v) is 14.8. The summed E-state index contributed by atoms with van der Waals surface area (Å²) in [5, 5.41) is 11.6. The molecule has 0 radical (unpaired) electrons. The van der Waals surface area contributed by atoms with E-state index in [-0.39, 0.29) is 44.1 Å². The normalized spacial score (nSPS) is 11.7. The molecule has 2 aromatic heterocycles. The molecular formula is C46H44N3OPt-. The van der Waals surface area contributed by atoms with Crippen LogP contribution in [0.25, 0.3) is 61.6 Å². The maximum atomic E-state index is 11.6. The molecule has 0 aliphatic heterocycles. The predicted octanol–water partition coefficient (Wildman–Crippen LogP) is 12.1. The molecule has 5 heteroatoms. The molecule has 0 amide bonds. The number of nitrogens with zero attached hydrogens (tertiary/aromatic N) is 3. The van der Waals surface area contributed by atoms with Crippen LogP contribution in [0.2, 0.25) is 0 Å². The molecule has 0 saturated carbocycles. The van der Waals surface area contributed by atoms with Gasteiger partial charge in [-0.2, -0.15) is 0 Å². The molecule has 0 saturated heterocycles. The number of aromatic nitrogens is 3. The van der Waals surface area contributed by atoms with Gasteiger partial charge in [-0.15, -0.1) is 29.8 Å². The molecule has 260 valence electrons. The number of phenols is 1. The Labute approximate surface area is 316 Å². The second kappa shape index (κ2) is 14.4. The van der Waals surface area contributed by atoms with Gasteiger partial charge in [0.2, 0.25) is 0 Å². The predicted molar refractivity (Wildman–Crippen MR) is 208 cm³/mol. The van der Waals surface area contributed by atoms with E-state index in [1.165, 1.54) is 16.7 Å². The zero-order chi connectivity index (χ0) is 35.2. The van der Waals surface area contributed by atoms with Crippen LogP contribution < -0.4 is 0 Å². The van der Waals surface area contributed by atoms with Gasteiger partial charge in [0.05, 0.1) is 22.3 Å². The first-order chi connectivity index (χ1) is 24.0. The van der Waals surface area contributed by atoms with Crippen molar-refractivity contribution in [3.05, 3.63) is 144 Å². The molecule has 0 aliphatic carbocycles. The number of pyridine rings is 1. The molecular weight excluding hydrogens is 806 g/mol. The van der Waals surface area contributed by atoms with Crippen molar-refractivity contribution in [2.24, 2.45) is 0 Å². The molecule has 2 heterocycles. The van der Waals surface area contributed by atoms with Gasteiger partial charge in [-0.1, -0.05) is 132 Å². The minimum absolute atomic E-state index is 0. The standard InChI is InChI=1S/C46H44N3O.Pt/c1-29(2)36-18-12-19-37(30(3)4)44(36)49-41-21-13-20-38(33-16-11-17-34(26-33)40-28-35(24-25-47-40)46(5,6)7)43(41)48-45(49)39-27-32(22-23-42(39)50)31-14-9-8-10-15-31;/h8-25,27-30,50H,1-7H3;/q-1;. The van der Waals surface area contributed by atoms with Crippen molar-refractivity contribution in [2.45, 2.75) is 65.7 Å². The van der Waals surface area contributed by atoms with E-state index in [4.69, 9.17) is 9.97 Å². The number of hydrogen-bond donors (Lipinski definition) is 1. The largest absolute Gasteiger partial charge is 0.507 e. The Morgan fingerprint density at radius 1 is 0.667 bits per heavy atom. The van der Waals surface area contributed by atoms with Crippen molar-refractivity contribution in [3.8, 4) is 56.3 Å². The fraction of sp³-hybridized carbons (Fsp3) is 0.217. The van der Waals surface area contributed by atoms with Gasteiger partial charge in [-0.25, -0.2) is 4.98 Å². The number of fused-ring (bicyclic) bond motifs is 1. The third-order valence-corrected chi connectivity index (χ3v) is 9.58. The molecule has 0 atom stereocenters. The van der Waals surface area contributed by atoms with Crippen molar-refractivity contribution in [2.75, 3.05) is 0 Å². The van der Waals surface area contributed by atoms with Gasteiger partial charge in [0.15, 0.2) is 0 Å². The van der Waals surface area contributed by atoms with Crippen LogP contribution in [0.1, 0.15) is 77.0 Å². The van der Waals surface area contributed by atoms with E-state index in [9.17, 15) is 5.11 Å². The van der Waals surface area contributed by atoms with Crippen molar-refractivity contribution in [3.63, 3.8) is 0 Å². The number of phenolic OH excluding ortho intramolecular Hbond substituents is 1. The van der Waals surface area contributed by atoms with Crippen LogP contribution in [0.3, 0.4) is 0 Å². The van der Waals surface area contributed by atoms with Crippen molar-refractivity contribution in [1.29, 1.82) is 0 Å². The number of aromatic hydroxyl groups is 1. The van der Waals surface area contributed by atoms with E-state index < -0.39 is 0 Å². The third-order valence-electron chi connectivity index (χ3n) is 9.58. The molecule has 0 spiro atoms. The summed E-state index contributed by atoms with van der Waals surface area (Å²) >= 11 is 0. The average molecular weight is 850 g/mol. The molecule has 1 N–H and O–H groups in total. The Morgan fingerprint density at radius 2 is 1.33 bits per heavy atom. The molecule has 0 bridgehead atoms. The van der Waals surface area contributed by atoms with Crippen LogP contribution in [0, 0.1) is 6.07 Å². The maximum absolute atomic E-state index is 11.6. The summed E-state index contributed by atoms with van der Waals surface area (Å²) in [7, 11) is 0. The van der Waals surface area contributed by atoms with Crippen LogP contribution in [-0.2, 0) is 26.5 Å². The smallest absolute Gasteiger partial charge is 0.148 e. The number of rotatable bonds is 7. The van der Waals surface area contributed by atoms with E-state index in [2.05, 4.69) is 144 Å².